The van der Waals surface area contributed by atoms with Crippen LogP contribution in [0.1, 0.15) is 23.1 Å². The van der Waals surface area contributed by atoms with Crippen LogP contribution in [0.2, 0.25) is 0 Å². The highest BCUT2D eigenvalue weighted by Gasteiger charge is 2.28. The van der Waals surface area contributed by atoms with Crippen molar-refractivity contribution in [2.45, 2.75) is 24.7 Å². The number of hydrogen-bond acceptors (Lipinski definition) is 2. The first-order chi connectivity index (χ1) is 11.5. The molecule has 2 aromatic rings. The Morgan fingerprint density at radius 3 is 2.54 bits per heavy atom. The lowest BCUT2D eigenvalue weighted by Crippen LogP contribution is -2.31. The minimum atomic E-state index is -3.63. The molecule has 0 radical (unpaired) electrons. The molecule has 0 aliphatic heterocycles. The van der Waals surface area contributed by atoms with Gasteiger partial charge in [-0.15, -0.1) is 6.58 Å². The van der Waals surface area contributed by atoms with Gasteiger partial charge in [0.05, 0.1) is 17.1 Å². The second kappa shape index (κ2) is 6.65. The van der Waals surface area contributed by atoms with E-state index in [9.17, 15) is 8.42 Å². The van der Waals surface area contributed by atoms with Gasteiger partial charge < -0.3 is 0 Å². The summed E-state index contributed by atoms with van der Waals surface area (Å²) in [6, 6.07) is 15.0. The summed E-state index contributed by atoms with van der Waals surface area (Å²) in [5.41, 5.74) is 3.95. The van der Waals surface area contributed by atoms with Crippen LogP contribution >= 0.6 is 0 Å². The highest BCUT2D eigenvalue weighted by molar-refractivity contribution is 7.89. The third kappa shape index (κ3) is 3.02. The second-order valence-electron chi connectivity index (χ2n) is 5.92. The molecule has 0 fully saturated rings. The van der Waals surface area contributed by atoms with Gasteiger partial charge in [-0.05, 0) is 37.5 Å². The van der Waals surface area contributed by atoms with Gasteiger partial charge in [0.25, 0.3) is 10.0 Å². The van der Waals surface area contributed by atoms with Crippen LogP contribution in [0.4, 0.5) is 0 Å². The van der Waals surface area contributed by atoms with E-state index in [0.29, 0.717) is 4.90 Å². The van der Waals surface area contributed by atoms with E-state index in [-0.39, 0.29) is 6.54 Å². The molecule has 0 saturated heterocycles. The van der Waals surface area contributed by atoms with Crippen molar-refractivity contribution in [3.8, 4) is 0 Å². The first kappa shape index (κ1) is 16.5. The minimum absolute atomic E-state index is 0.246. The standard InChI is InChI=1S/C20H21NO2S/c1-3-15-21(24(22,23)18-13-11-16(2)12-14-18)20-10-6-8-17-7-4-5-9-19(17)20/h3-5,7,9-14H,1,6,8,15H2,2H3. The summed E-state index contributed by atoms with van der Waals surface area (Å²) < 4.78 is 27.8. The van der Waals surface area contributed by atoms with Crippen molar-refractivity contribution in [1.82, 2.24) is 4.31 Å². The molecule has 124 valence electrons. The van der Waals surface area contributed by atoms with Crippen LogP contribution < -0.4 is 0 Å². The Morgan fingerprint density at radius 1 is 1.12 bits per heavy atom. The van der Waals surface area contributed by atoms with Crippen molar-refractivity contribution in [2.75, 3.05) is 6.54 Å². The average molecular weight is 339 g/mol. The van der Waals surface area contributed by atoms with E-state index in [1.807, 2.05) is 43.3 Å². The van der Waals surface area contributed by atoms with Crippen LogP contribution in [0.25, 0.3) is 5.70 Å². The van der Waals surface area contributed by atoms with Crippen LogP contribution in [-0.4, -0.2) is 19.3 Å². The molecule has 3 nitrogen and oxygen atoms in total. The molecule has 0 bridgehead atoms. The maximum atomic E-state index is 13.2. The first-order valence-electron chi connectivity index (χ1n) is 8.03. The molecule has 0 saturated carbocycles. The lowest BCUT2D eigenvalue weighted by atomic mass is 9.95. The number of aryl methyl sites for hydroxylation is 2. The van der Waals surface area contributed by atoms with Gasteiger partial charge >= 0.3 is 0 Å². The Bertz CT molecular complexity index is 880. The summed E-state index contributed by atoms with van der Waals surface area (Å²) in [6.45, 7) is 5.93. The predicted molar refractivity (Wildman–Crippen MR) is 98.0 cm³/mol. The fourth-order valence-electron chi connectivity index (χ4n) is 2.98. The molecular formula is C20H21NO2S. The molecule has 0 amide bonds. The number of fused-ring (bicyclic) bond motifs is 1. The Hall–Kier alpha value is -2.33. The van der Waals surface area contributed by atoms with E-state index in [4.69, 9.17) is 0 Å². The number of benzene rings is 2. The zero-order chi connectivity index (χ0) is 17.2. The summed E-state index contributed by atoms with van der Waals surface area (Å²) in [6.07, 6.45) is 5.41. The number of allylic oxidation sites excluding steroid dienone is 1. The van der Waals surface area contributed by atoms with E-state index in [2.05, 4.69) is 12.6 Å². The third-order valence-electron chi connectivity index (χ3n) is 4.22. The van der Waals surface area contributed by atoms with Gasteiger partial charge in [-0.1, -0.05) is 54.1 Å². The number of sulfonamides is 1. The van der Waals surface area contributed by atoms with Gasteiger partial charge in [-0.25, -0.2) is 8.42 Å². The summed E-state index contributed by atoms with van der Waals surface area (Å²) in [4.78, 5) is 0.305. The van der Waals surface area contributed by atoms with E-state index in [1.165, 1.54) is 9.87 Å². The molecule has 0 unspecified atom stereocenters. The van der Waals surface area contributed by atoms with E-state index in [1.54, 1.807) is 18.2 Å². The number of nitrogens with zero attached hydrogens (tertiary/aromatic N) is 1. The zero-order valence-corrected chi connectivity index (χ0v) is 14.6. The van der Waals surface area contributed by atoms with E-state index < -0.39 is 10.0 Å². The van der Waals surface area contributed by atoms with Gasteiger partial charge in [-0.3, -0.25) is 4.31 Å². The molecule has 0 heterocycles. The van der Waals surface area contributed by atoms with Gasteiger partial charge in [-0.2, -0.15) is 0 Å². The summed E-state index contributed by atoms with van der Waals surface area (Å²) in [7, 11) is -3.63. The maximum Gasteiger partial charge on any atom is 0.264 e. The first-order valence-corrected chi connectivity index (χ1v) is 9.47. The second-order valence-corrected chi connectivity index (χ2v) is 7.79. The summed E-state index contributed by atoms with van der Waals surface area (Å²) in [5, 5.41) is 0. The van der Waals surface area contributed by atoms with Crippen molar-refractivity contribution in [3.05, 3.63) is 84.0 Å². The SMILES string of the molecule is C=CCN(C1=CCCc2ccccc21)S(=O)(=O)c1ccc(C)cc1. The number of hydrogen-bond donors (Lipinski definition) is 0. The van der Waals surface area contributed by atoms with Crippen molar-refractivity contribution in [3.63, 3.8) is 0 Å². The fourth-order valence-corrected chi connectivity index (χ4v) is 4.45. The predicted octanol–water partition coefficient (Wildman–Crippen LogP) is 4.16. The molecule has 0 N–H and O–H groups in total. The Labute approximate surface area is 144 Å². The maximum absolute atomic E-state index is 13.2. The molecule has 24 heavy (non-hydrogen) atoms. The normalized spacial score (nSPS) is 13.8. The Morgan fingerprint density at radius 2 is 1.83 bits per heavy atom. The third-order valence-corrected chi connectivity index (χ3v) is 6.01. The van der Waals surface area contributed by atoms with Crippen LogP contribution in [0.5, 0.6) is 0 Å². The quantitative estimate of drug-likeness (QED) is 0.767. The molecule has 0 aromatic heterocycles. The zero-order valence-electron chi connectivity index (χ0n) is 13.8. The molecular weight excluding hydrogens is 318 g/mol. The molecule has 1 aliphatic rings. The summed E-state index contributed by atoms with van der Waals surface area (Å²) >= 11 is 0. The van der Waals surface area contributed by atoms with E-state index in [0.717, 1.165) is 29.7 Å². The molecule has 0 spiro atoms. The van der Waals surface area contributed by atoms with Crippen molar-refractivity contribution >= 4 is 15.7 Å². The van der Waals surface area contributed by atoms with Gasteiger partial charge in [0, 0.05) is 5.56 Å². The number of rotatable bonds is 5. The highest BCUT2D eigenvalue weighted by Crippen LogP contribution is 2.32. The van der Waals surface area contributed by atoms with Crippen LogP contribution in [-0.2, 0) is 16.4 Å². The average Bonchev–Trinajstić information content (AvgIpc) is 2.59. The monoisotopic (exact) mass is 339 g/mol. The molecule has 0 atom stereocenters. The minimum Gasteiger partial charge on any atom is -0.262 e. The van der Waals surface area contributed by atoms with Crippen LogP contribution in [0.3, 0.4) is 0 Å². The highest BCUT2D eigenvalue weighted by atomic mass is 32.2. The molecule has 2 aromatic carbocycles. The smallest absolute Gasteiger partial charge is 0.262 e. The lowest BCUT2D eigenvalue weighted by Gasteiger charge is -2.29. The fraction of sp³-hybridized carbons (Fsp3) is 0.200. The van der Waals surface area contributed by atoms with Gasteiger partial charge in [0.15, 0.2) is 0 Å². The van der Waals surface area contributed by atoms with Gasteiger partial charge in [0.2, 0.25) is 0 Å². The van der Waals surface area contributed by atoms with Crippen molar-refractivity contribution in [2.24, 2.45) is 0 Å². The molecule has 3 rings (SSSR count). The van der Waals surface area contributed by atoms with Crippen LogP contribution in [0, 0.1) is 6.92 Å². The largest absolute Gasteiger partial charge is 0.264 e. The van der Waals surface area contributed by atoms with Crippen LogP contribution in [0.15, 0.2) is 72.2 Å². The molecule has 4 heteroatoms. The van der Waals surface area contributed by atoms with Crippen molar-refractivity contribution < 1.29 is 8.42 Å². The lowest BCUT2D eigenvalue weighted by molar-refractivity contribution is 0.530. The van der Waals surface area contributed by atoms with E-state index >= 15 is 0 Å². The van der Waals surface area contributed by atoms with Gasteiger partial charge in [0.1, 0.15) is 0 Å². The Kier molecular flexibility index (Phi) is 4.58. The molecule has 1 aliphatic carbocycles. The van der Waals surface area contributed by atoms with Crippen molar-refractivity contribution in [1.29, 1.82) is 0 Å². The Balaban J connectivity index is 2.09. The topological polar surface area (TPSA) is 37.4 Å². The summed E-state index contributed by atoms with van der Waals surface area (Å²) in [5.74, 6) is 0.